The van der Waals surface area contributed by atoms with Gasteiger partial charge in [-0.15, -0.1) is 0 Å². The molecule has 2 saturated carbocycles. The van der Waals surface area contributed by atoms with Gasteiger partial charge < -0.3 is 23.7 Å². The minimum atomic E-state index is -2.74. The van der Waals surface area contributed by atoms with E-state index in [1.54, 1.807) is 14.2 Å². The molecular formula is C37H54O6Si. The SMILES string of the molecule is COCO[C@]1(COC)CC[C@@H]([C@@H](C)CO[Si](c2ccccc2)(c2ccccc2)C(C)(C)C)[C@@H]1C(O)C1CCC(=C(C)C)C1=O. The van der Waals surface area contributed by atoms with Crippen LogP contribution in [-0.2, 0) is 23.4 Å². The van der Waals surface area contributed by atoms with E-state index in [0.717, 1.165) is 24.0 Å². The number of ether oxygens (including phenoxy) is 3. The zero-order valence-electron chi connectivity index (χ0n) is 28.1. The molecule has 6 atom stereocenters. The van der Waals surface area contributed by atoms with Crippen molar-refractivity contribution < 1.29 is 28.5 Å². The fourth-order valence-electron chi connectivity index (χ4n) is 8.14. The van der Waals surface area contributed by atoms with E-state index in [9.17, 15) is 9.90 Å². The molecule has 7 heteroatoms. The lowest BCUT2D eigenvalue weighted by Gasteiger charge is -2.45. The fraction of sp³-hybridized carbons (Fsp3) is 0.595. The highest BCUT2D eigenvalue weighted by molar-refractivity contribution is 6.99. The predicted octanol–water partition coefficient (Wildman–Crippen LogP) is 5.91. The predicted molar refractivity (Wildman–Crippen MR) is 179 cm³/mol. The van der Waals surface area contributed by atoms with Crippen LogP contribution in [0.25, 0.3) is 0 Å². The van der Waals surface area contributed by atoms with Crippen LogP contribution >= 0.6 is 0 Å². The Morgan fingerprint density at radius 2 is 1.57 bits per heavy atom. The summed E-state index contributed by atoms with van der Waals surface area (Å²) in [4.78, 5) is 13.6. The third-order valence-corrected chi connectivity index (χ3v) is 15.3. The van der Waals surface area contributed by atoms with E-state index in [-0.39, 0.29) is 35.4 Å². The van der Waals surface area contributed by atoms with Crippen molar-refractivity contribution in [2.45, 2.75) is 84.0 Å². The number of ketones is 1. The molecule has 1 N–H and O–H groups in total. The van der Waals surface area contributed by atoms with Crippen LogP contribution in [-0.4, -0.2) is 65.1 Å². The highest BCUT2D eigenvalue weighted by Crippen LogP contribution is 2.51. The second-order valence-electron chi connectivity index (χ2n) is 14.2. The number of Topliss-reactive ketones (excluding diaryl/α,β-unsaturated/α-hetero) is 1. The summed E-state index contributed by atoms with van der Waals surface area (Å²) in [5, 5.41) is 14.5. The van der Waals surface area contributed by atoms with Crippen LogP contribution in [0.4, 0.5) is 0 Å². The Hall–Kier alpha value is -2.13. The van der Waals surface area contributed by atoms with Crippen molar-refractivity contribution in [1.29, 1.82) is 0 Å². The summed E-state index contributed by atoms with van der Waals surface area (Å²) in [6, 6.07) is 21.4. The molecule has 2 aliphatic carbocycles. The first-order chi connectivity index (χ1) is 20.9. The summed E-state index contributed by atoms with van der Waals surface area (Å²) < 4.78 is 24.9. The number of benzene rings is 2. The lowest BCUT2D eigenvalue weighted by molar-refractivity contribution is -0.196. The van der Waals surface area contributed by atoms with Crippen LogP contribution < -0.4 is 10.4 Å². The highest BCUT2D eigenvalue weighted by atomic mass is 28.4. The van der Waals surface area contributed by atoms with Gasteiger partial charge in [-0.05, 0) is 72.4 Å². The van der Waals surface area contributed by atoms with Crippen molar-refractivity contribution in [3.63, 3.8) is 0 Å². The van der Waals surface area contributed by atoms with Crippen molar-refractivity contribution in [3.05, 3.63) is 71.8 Å². The molecule has 0 spiro atoms. The average Bonchev–Trinajstić information content (AvgIpc) is 3.57. The maximum absolute atomic E-state index is 13.6. The normalized spacial score (nSPS) is 25.8. The Bertz CT molecular complexity index is 1210. The quantitative estimate of drug-likeness (QED) is 0.170. The maximum Gasteiger partial charge on any atom is 0.261 e. The molecule has 4 rings (SSSR count). The largest absolute Gasteiger partial charge is 0.407 e. The topological polar surface area (TPSA) is 74.2 Å². The van der Waals surface area contributed by atoms with Gasteiger partial charge >= 0.3 is 0 Å². The Morgan fingerprint density at radius 3 is 2.05 bits per heavy atom. The molecule has 2 aliphatic rings. The lowest BCUT2D eigenvalue weighted by Crippen LogP contribution is -2.67. The minimum Gasteiger partial charge on any atom is -0.407 e. The summed E-state index contributed by atoms with van der Waals surface area (Å²) in [5.74, 6) is -0.504. The fourth-order valence-corrected chi connectivity index (χ4v) is 12.8. The van der Waals surface area contributed by atoms with Crippen LogP contribution in [0.5, 0.6) is 0 Å². The van der Waals surface area contributed by atoms with Crippen LogP contribution in [0.1, 0.15) is 67.2 Å². The van der Waals surface area contributed by atoms with Crippen molar-refractivity contribution in [3.8, 4) is 0 Å². The summed E-state index contributed by atoms with van der Waals surface area (Å²) >= 11 is 0. The summed E-state index contributed by atoms with van der Waals surface area (Å²) in [6.07, 6.45) is 2.08. The van der Waals surface area contributed by atoms with Crippen molar-refractivity contribution in [2.75, 3.05) is 34.2 Å². The number of allylic oxidation sites excluding steroid dienone is 2. The van der Waals surface area contributed by atoms with Crippen LogP contribution in [0.3, 0.4) is 0 Å². The molecule has 2 aromatic rings. The maximum atomic E-state index is 13.6. The van der Waals surface area contributed by atoms with Crippen LogP contribution in [0.15, 0.2) is 71.8 Å². The molecule has 242 valence electrons. The monoisotopic (exact) mass is 622 g/mol. The Balaban J connectivity index is 1.71. The number of carbonyl (C=O) groups is 1. The van der Waals surface area contributed by atoms with E-state index in [1.807, 2.05) is 13.8 Å². The first kappa shape index (κ1) is 34.7. The first-order valence-electron chi connectivity index (χ1n) is 16.2. The Labute approximate surface area is 266 Å². The van der Waals surface area contributed by atoms with Gasteiger partial charge in [0, 0.05) is 32.7 Å². The summed E-state index contributed by atoms with van der Waals surface area (Å²) in [6.45, 7) is 14.0. The van der Waals surface area contributed by atoms with Gasteiger partial charge in [0.05, 0.1) is 18.3 Å². The second kappa shape index (κ2) is 14.5. The van der Waals surface area contributed by atoms with Gasteiger partial charge in [-0.3, -0.25) is 4.79 Å². The van der Waals surface area contributed by atoms with Crippen molar-refractivity contribution in [1.82, 2.24) is 0 Å². The molecule has 0 aliphatic heterocycles. The van der Waals surface area contributed by atoms with Crippen LogP contribution in [0, 0.1) is 23.7 Å². The van der Waals surface area contributed by atoms with Gasteiger partial charge in [-0.25, -0.2) is 0 Å². The smallest absolute Gasteiger partial charge is 0.261 e. The number of methoxy groups -OCH3 is 2. The van der Waals surface area contributed by atoms with E-state index in [0.29, 0.717) is 26.1 Å². The van der Waals surface area contributed by atoms with E-state index in [4.69, 9.17) is 18.6 Å². The number of carbonyl (C=O) groups excluding carboxylic acids is 1. The van der Waals surface area contributed by atoms with E-state index in [2.05, 4.69) is 88.4 Å². The van der Waals surface area contributed by atoms with E-state index in [1.165, 1.54) is 10.4 Å². The number of aliphatic hydroxyl groups is 1. The number of hydrogen-bond donors (Lipinski definition) is 1. The Morgan fingerprint density at radius 1 is 0.977 bits per heavy atom. The number of aliphatic hydroxyl groups excluding tert-OH is 1. The van der Waals surface area contributed by atoms with Crippen molar-refractivity contribution in [2.24, 2.45) is 23.7 Å². The van der Waals surface area contributed by atoms with Gasteiger partial charge in [0.15, 0.2) is 5.78 Å². The van der Waals surface area contributed by atoms with Gasteiger partial charge in [-0.1, -0.05) is 93.9 Å². The number of rotatable bonds is 13. The second-order valence-corrected chi connectivity index (χ2v) is 18.5. The van der Waals surface area contributed by atoms with Crippen LogP contribution in [0.2, 0.25) is 5.04 Å². The third kappa shape index (κ3) is 6.69. The van der Waals surface area contributed by atoms with Gasteiger partial charge in [0.2, 0.25) is 0 Å². The molecule has 0 aromatic heterocycles. The molecule has 2 fully saturated rings. The molecule has 0 radical (unpaired) electrons. The minimum absolute atomic E-state index is 0.0683. The summed E-state index contributed by atoms with van der Waals surface area (Å²) in [7, 11) is 0.543. The molecule has 2 aromatic carbocycles. The molecule has 44 heavy (non-hydrogen) atoms. The van der Waals surface area contributed by atoms with Gasteiger partial charge in [0.1, 0.15) is 6.79 Å². The first-order valence-corrected chi connectivity index (χ1v) is 18.1. The molecule has 0 amide bonds. The standard InChI is InChI=1S/C37H54O6Si/c1-26(2)30-19-20-32(34(30)38)35(39)33-31(21-22-37(33,24-40-7)42-25-41-8)27(3)23-43-44(36(4,5)6,28-15-11-9-12-16-28)29-17-13-10-14-18-29/h9-18,27,31-33,35,39H,19-25H2,1-8H3/t27-,31-,32?,33+,35?,37-/m0/s1. The number of hydrogen-bond acceptors (Lipinski definition) is 6. The Kier molecular flexibility index (Phi) is 11.5. The van der Waals surface area contributed by atoms with Gasteiger partial charge in [0.25, 0.3) is 8.32 Å². The molecule has 0 saturated heterocycles. The van der Waals surface area contributed by atoms with Crippen molar-refractivity contribution >= 4 is 24.5 Å². The molecule has 0 bridgehead atoms. The van der Waals surface area contributed by atoms with Gasteiger partial charge in [-0.2, -0.15) is 0 Å². The van der Waals surface area contributed by atoms with E-state index >= 15 is 0 Å². The zero-order chi connectivity index (χ0) is 32.1. The average molecular weight is 623 g/mol. The molecule has 0 heterocycles. The summed E-state index contributed by atoms with van der Waals surface area (Å²) in [5.41, 5.74) is 1.15. The lowest BCUT2D eigenvalue weighted by atomic mass is 9.72. The molecule has 2 unspecified atom stereocenters. The molecule has 6 nitrogen and oxygen atoms in total. The van der Waals surface area contributed by atoms with E-state index < -0.39 is 25.9 Å². The molecular weight excluding hydrogens is 568 g/mol. The zero-order valence-corrected chi connectivity index (χ0v) is 29.1. The highest BCUT2D eigenvalue weighted by Gasteiger charge is 2.57. The third-order valence-electron chi connectivity index (χ3n) is 10.3.